The summed E-state index contributed by atoms with van der Waals surface area (Å²) >= 11 is 5.11. The van der Waals surface area contributed by atoms with Crippen LogP contribution >= 0.6 is 12.2 Å². The molecule has 110 valence electrons. The number of nitrogens with two attached hydrogens (primary N) is 1. The fraction of sp³-hybridized carbons (Fsp3) is 0.278. The molecule has 3 N–H and O–H groups in total. The average Bonchev–Trinajstić information content (AvgIpc) is 2.48. The Hall–Kier alpha value is -1.87. The summed E-state index contributed by atoms with van der Waals surface area (Å²) in [5, 5.41) is 3.47. The summed E-state index contributed by atoms with van der Waals surface area (Å²) in [6.45, 7) is 5.22. The van der Waals surface area contributed by atoms with Gasteiger partial charge in [-0.1, -0.05) is 55.5 Å². The number of benzene rings is 2. The van der Waals surface area contributed by atoms with E-state index in [-0.39, 0.29) is 0 Å². The molecule has 0 saturated heterocycles. The van der Waals surface area contributed by atoms with Gasteiger partial charge < -0.3 is 11.1 Å². The molecule has 0 radical (unpaired) electrons. The van der Waals surface area contributed by atoms with Crippen molar-refractivity contribution < 1.29 is 0 Å². The molecule has 1 atom stereocenters. The van der Waals surface area contributed by atoms with Gasteiger partial charge in [0, 0.05) is 17.8 Å². The van der Waals surface area contributed by atoms with E-state index in [0.717, 1.165) is 24.2 Å². The molecular formula is C18H22N2S. The molecule has 0 fully saturated rings. The number of hydrogen-bond donors (Lipinski definition) is 2. The maximum atomic E-state index is 5.78. The Morgan fingerprint density at radius 3 is 2.57 bits per heavy atom. The second kappa shape index (κ2) is 7.23. The van der Waals surface area contributed by atoms with Crippen molar-refractivity contribution in [3.63, 3.8) is 0 Å². The first-order valence-electron chi connectivity index (χ1n) is 7.27. The first-order valence-corrected chi connectivity index (χ1v) is 7.68. The minimum Gasteiger partial charge on any atom is -0.389 e. The summed E-state index contributed by atoms with van der Waals surface area (Å²) in [6, 6.07) is 16.7. The fourth-order valence-electron chi connectivity index (χ4n) is 2.39. The highest BCUT2D eigenvalue weighted by molar-refractivity contribution is 7.80. The quantitative estimate of drug-likeness (QED) is 0.784. The molecule has 2 aromatic rings. The average molecular weight is 298 g/mol. The van der Waals surface area contributed by atoms with Crippen molar-refractivity contribution in [3.8, 4) is 0 Å². The highest BCUT2D eigenvalue weighted by Gasteiger charge is 2.07. The molecule has 0 heterocycles. The molecule has 2 nitrogen and oxygen atoms in total. The number of thiocarbonyl (C=S) groups is 1. The van der Waals surface area contributed by atoms with Crippen molar-refractivity contribution in [1.29, 1.82) is 0 Å². The maximum absolute atomic E-state index is 5.78. The molecule has 0 saturated carbocycles. The molecule has 0 aromatic heterocycles. The second-order valence-electron chi connectivity index (χ2n) is 5.44. The minimum atomic E-state index is 0.439. The SMILES string of the molecule is Cc1ccc(C(N)=S)c(NCCC(C)c2ccccc2)c1. The molecule has 0 spiro atoms. The Kier molecular flexibility index (Phi) is 5.34. The summed E-state index contributed by atoms with van der Waals surface area (Å²) in [5.41, 5.74) is 10.3. The van der Waals surface area contributed by atoms with Crippen LogP contribution in [0.25, 0.3) is 0 Å². The summed E-state index contributed by atoms with van der Waals surface area (Å²) in [4.78, 5) is 0.439. The summed E-state index contributed by atoms with van der Waals surface area (Å²) in [7, 11) is 0. The van der Waals surface area contributed by atoms with Crippen molar-refractivity contribution in [3.05, 3.63) is 65.2 Å². The molecule has 0 aliphatic heterocycles. The van der Waals surface area contributed by atoms with E-state index in [0.29, 0.717) is 10.9 Å². The predicted molar refractivity (Wildman–Crippen MR) is 95.0 cm³/mol. The third kappa shape index (κ3) is 4.30. The van der Waals surface area contributed by atoms with E-state index in [1.54, 1.807) is 0 Å². The highest BCUT2D eigenvalue weighted by Crippen LogP contribution is 2.21. The van der Waals surface area contributed by atoms with Crippen LogP contribution in [-0.4, -0.2) is 11.5 Å². The van der Waals surface area contributed by atoms with Crippen molar-refractivity contribution in [2.24, 2.45) is 5.73 Å². The van der Waals surface area contributed by atoms with Gasteiger partial charge in [0.05, 0.1) is 0 Å². The standard InChI is InChI=1S/C18H22N2S/c1-13-8-9-16(18(19)21)17(12-13)20-11-10-14(2)15-6-4-3-5-7-15/h3-9,12,14,20H,10-11H2,1-2H3,(H2,19,21). The van der Waals surface area contributed by atoms with Crippen LogP contribution in [0.1, 0.15) is 36.0 Å². The van der Waals surface area contributed by atoms with Gasteiger partial charge in [0.15, 0.2) is 0 Å². The maximum Gasteiger partial charge on any atom is 0.106 e. The lowest BCUT2D eigenvalue weighted by molar-refractivity contribution is 0.706. The van der Waals surface area contributed by atoms with Gasteiger partial charge in [-0.2, -0.15) is 0 Å². The Balaban J connectivity index is 1.97. The lowest BCUT2D eigenvalue weighted by Crippen LogP contribution is -2.14. The van der Waals surface area contributed by atoms with Crippen molar-refractivity contribution in [2.75, 3.05) is 11.9 Å². The third-order valence-corrected chi connectivity index (χ3v) is 3.92. The van der Waals surface area contributed by atoms with Crippen LogP contribution in [0.5, 0.6) is 0 Å². The van der Waals surface area contributed by atoms with E-state index in [4.69, 9.17) is 18.0 Å². The van der Waals surface area contributed by atoms with Gasteiger partial charge in [0.2, 0.25) is 0 Å². The first-order chi connectivity index (χ1) is 10.1. The Labute approximate surface area is 132 Å². The molecule has 21 heavy (non-hydrogen) atoms. The number of aryl methyl sites for hydroxylation is 1. The van der Waals surface area contributed by atoms with Crippen LogP contribution in [0.2, 0.25) is 0 Å². The normalized spacial score (nSPS) is 11.9. The lowest BCUT2D eigenvalue weighted by atomic mass is 9.98. The Morgan fingerprint density at radius 2 is 1.90 bits per heavy atom. The second-order valence-corrected chi connectivity index (χ2v) is 5.88. The zero-order valence-electron chi connectivity index (χ0n) is 12.6. The van der Waals surface area contributed by atoms with Crippen molar-refractivity contribution in [2.45, 2.75) is 26.2 Å². The largest absolute Gasteiger partial charge is 0.389 e. The van der Waals surface area contributed by atoms with E-state index < -0.39 is 0 Å². The van der Waals surface area contributed by atoms with Crippen molar-refractivity contribution in [1.82, 2.24) is 0 Å². The smallest absolute Gasteiger partial charge is 0.106 e. The van der Waals surface area contributed by atoms with Gasteiger partial charge in [-0.15, -0.1) is 0 Å². The van der Waals surface area contributed by atoms with Crippen LogP contribution in [0.3, 0.4) is 0 Å². The van der Waals surface area contributed by atoms with Crippen LogP contribution in [-0.2, 0) is 0 Å². The predicted octanol–water partition coefficient (Wildman–Crippen LogP) is 4.23. The number of anilines is 1. The number of nitrogens with one attached hydrogen (secondary N) is 1. The van der Waals surface area contributed by atoms with Crippen LogP contribution in [0, 0.1) is 6.92 Å². The van der Waals surface area contributed by atoms with Crippen LogP contribution in [0.4, 0.5) is 5.69 Å². The van der Waals surface area contributed by atoms with E-state index >= 15 is 0 Å². The number of hydrogen-bond acceptors (Lipinski definition) is 2. The van der Waals surface area contributed by atoms with Crippen LogP contribution < -0.4 is 11.1 Å². The molecule has 2 aromatic carbocycles. The molecular weight excluding hydrogens is 276 g/mol. The molecule has 0 aliphatic rings. The van der Waals surface area contributed by atoms with Gasteiger partial charge >= 0.3 is 0 Å². The number of rotatable bonds is 6. The Bertz CT molecular complexity index is 608. The molecule has 3 heteroatoms. The first kappa shape index (κ1) is 15.5. The molecule has 1 unspecified atom stereocenters. The summed E-state index contributed by atoms with van der Waals surface area (Å²) in [6.07, 6.45) is 1.06. The topological polar surface area (TPSA) is 38.0 Å². The van der Waals surface area contributed by atoms with E-state index in [9.17, 15) is 0 Å². The monoisotopic (exact) mass is 298 g/mol. The molecule has 2 rings (SSSR count). The lowest BCUT2D eigenvalue weighted by Gasteiger charge is -2.15. The van der Waals surface area contributed by atoms with Gasteiger partial charge in [-0.25, -0.2) is 0 Å². The zero-order valence-corrected chi connectivity index (χ0v) is 13.4. The summed E-state index contributed by atoms with van der Waals surface area (Å²) in [5.74, 6) is 0.525. The van der Waals surface area contributed by atoms with Gasteiger partial charge in [-0.3, -0.25) is 0 Å². The van der Waals surface area contributed by atoms with Crippen molar-refractivity contribution >= 4 is 22.9 Å². The minimum absolute atomic E-state index is 0.439. The van der Waals surface area contributed by atoms with E-state index in [1.165, 1.54) is 11.1 Å². The van der Waals surface area contributed by atoms with E-state index in [1.807, 2.05) is 12.1 Å². The van der Waals surface area contributed by atoms with Gasteiger partial charge in [-0.05, 0) is 42.5 Å². The molecule has 0 amide bonds. The molecule has 0 aliphatic carbocycles. The molecule has 0 bridgehead atoms. The highest BCUT2D eigenvalue weighted by atomic mass is 32.1. The van der Waals surface area contributed by atoms with Gasteiger partial charge in [0.25, 0.3) is 0 Å². The van der Waals surface area contributed by atoms with E-state index in [2.05, 4.69) is 55.6 Å². The zero-order chi connectivity index (χ0) is 15.2. The van der Waals surface area contributed by atoms with Gasteiger partial charge in [0.1, 0.15) is 4.99 Å². The fourth-order valence-corrected chi connectivity index (χ4v) is 2.57. The third-order valence-electron chi connectivity index (χ3n) is 3.70. The van der Waals surface area contributed by atoms with Crippen LogP contribution in [0.15, 0.2) is 48.5 Å². The summed E-state index contributed by atoms with van der Waals surface area (Å²) < 4.78 is 0. The Morgan fingerprint density at radius 1 is 1.19 bits per heavy atom.